The second-order valence-electron chi connectivity index (χ2n) is 9.55. The topological polar surface area (TPSA) is 63.7 Å². The van der Waals surface area contributed by atoms with Gasteiger partial charge in [-0.15, -0.1) is 0 Å². The summed E-state index contributed by atoms with van der Waals surface area (Å²) < 4.78 is 8.04. The lowest BCUT2D eigenvalue weighted by atomic mass is 9.89. The summed E-state index contributed by atoms with van der Waals surface area (Å²) in [5.41, 5.74) is 7.46. The van der Waals surface area contributed by atoms with Crippen LogP contribution in [0.4, 0.5) is 0 Å². The van der Waals surface area contributed by atoms with Crippen LogP contribution < -0.4 is 4.74 Å². The Morgan fingerprint density at radius 3 is 2.51 bits per heavy atom. The molecular formula is C32H34N4O. The van der Waals surface area contributed by atoms with Crippen LogP contribution in [0.3, 0.4) is 0 Å². The Bertz CT molecular complexity index is 1350. The molecule has 188 valence electrons. The Hall–Kier alpha value is -4.17. The number of pyridine rings is 1. The average molecular weight is 491 g/mol. The van der Waals surface area contributed by atoms with Crippen molar-refractivity contribution < 1.29 is 4.74 Å². The van der Waals surface area contributed by atoms with E-state index < -0.39 is 0 Å². The van der Waals surface area contributed by atoms with Crippen molar-refractivity contribution in [2.24, 2.45) is 7.05 Å². The SMILES string of the molecule is C=C(CCc1ccc(C#N)cc1)CCC(CCOc1cc(-c2cnn(C)c2)cnc1C)c1ccccc1. The van der Waals surface area contributed by atoms with Gasteiger partial charge in [0.1, 0.15) is 5.75 Å². The fourth-order valence-corrected chi connectivity index (χ4v) is 4.47. The fourth-order valence-electron chi connectivity index (χ4n) is 4.47. The Labute approximate surface area is 220 Å². The zero-order valence-electron chi connectivity index (χ0n) is 21.7. The molecule has 5 nitrogen and oxygen atoms in total. The van der Waals surface area contributed by atoms with E-state index in [0.29, 0.717) is 18.1 Å². The first-order valence-electron chi connectivity index (χ1n) is 12.8. The molecule has 0 aliphatic carbocycles. The predicted molar refractivity (Wildman–Crippen MR) is 148 cm³/mol. The van der Waals surface area contributed by atoms with Crippen LogP contribution >= 0.6 is 0 Å². The van der Waals surface area contributed by atoms with Crippen molar-refractivity contribution in [3.05, 3.63) is 114 Å². The van der Waals surface area contributed by atoms with Crippen LogP contribution in [0.2, 0.25) is 0 Å². The first-order valence-corrected chi connectivity index (χ1v) is 12.8. The van der Waals surface area contributed by atoms with Crippen LogP contribution in [0.5, 0.6) is 5.75 Å². The van der Waals surface area contributed by atoms with Crippen LogP contribution in [0.25, 0.3) is 11.1 Å². The predicted octanol–water partition coefficient (Wildman–Crippen LogP) is 7.18. The largest absolute Gasteiger partial charge is 0.492 e. The van der Waals surface area contributed by atoms with Gasteiger partial charge in [-0.1, -0.05) is 54.6 Å². The summed E-state index contributed by atoms with van der Waals surface area (Å²) >= 11 is 0. The van der Waals surface area contributed by atoms with Gasteiger partial charge in [0.25, 0.3) is 0 Å². The van der Waals surface area contributed by atoms with Crippen molar-refractivity contribution >= 4 is 0 Å². The van der Waals surface area contributed by atoms with Gasteiger partial charge in [0.15, 0.2) is 0 Å². The molecule has 1 atom stereocenters. The molecular weight excluding hydrogens is 456 g/mol. The number of nitriles is 1. The van der Waals surface area contributed by atoms with Crippen LogP contribution in [-0.4, -0.2) is 21.4 Å². The van der Waals surface area contributed by atoms with E-state index in [4.69, 9.17) is 10.00 Å². The van der Waals surface area contributed by atoms with Crippen LogP contribution in [0.15, 0.2) is 91.4 Å². The molecule has 4 aromatic rings. The summed E-state index contributed by atoms with van der Waals surface area (Å²) in [5.74, 6) is 1.21. The van der Waals surface area contributed by atoms with E-state index in [0.717, 1.165) is 54.7 Å². The minimum atomic E-state index is 0.391. The quantitative estimate of drug-likeness (QED) is 0.197. The number of allylic oxidation sites excluding steroid dienone is 1. The Morgan fingerprint density at radius 1 is 1.03 bits per heavy atom. The van der Waals surface area contributed by atoms with E-state index in [1.165, 1.54) is 16.7 Å². The molecule has 0 bridgehead atoms. The number of benzene rings is 2. The molecule has 2 heterocycles. The second-order valence-corrected chi connectivity index (χ2v) is 9.55. The Kier molecular flexibility index (Phi) is 8.89. The first-order chi connectivity index (χ1) is 18.0. The van der Waals surface area contributed by atoms with Crippen molar-refractivity contribution in [2.75, 3.05) is 6.61 Å². The minimum Gasteiger partial charge on any atom is -0.492 e. The molecule has 2 aromatic carbocycles. The minimum absolute atomic E-state index is 0.391. The molecule has 0 spiro atoms. The van der Waals surface area contributed by atoms with E-state index >= 15 is 0 Å². The lowest BCUT2D eigenvalue weighted by Crippen LogP contribution is -2.08. The maximum atomic E-state index is 8.98. The smallest absolute Gasteiger partial charge is 0.141 e. The van der Waals surface area contributed by atoms with Crippen molar-refractivity contribution in [3.8, 4) is 22.9 Å². The molecule has 0 saturated heterocycles. The summed E-state index contributed by atoms with van der Waals surface area (Å²) in [4.78, 5) is 4.55. The highest BCUT2D eigenvalue weighted by atomic mass is 16.5. The lowest BCUT2D eigenvalue weighted by molar-refractivity contribution is 0.291. The van der Waals surface area contributed by atoms with Gasteiger partial charge >= 0.3 is 0 Å². The number of hydrogen-bond acceptors (Lipinski definition) is 4. The molecule has 4 rings (SSSR count). The molecule has 37 heavy (non-hydrogen) atoms. The monoisotopic (exact) mass is 490 g/mol. The zero-order chi connectivity index (χ0) is 26.0. The number of hydrogen-bond donors (Lipinski definition) is 0. The number of aromatic nitrogens is 3. The van der Waals surface area contributed by atoms with Crippen LogP contribution in [0.1, 0.15) is 54.0 Å². The van der Waals surface area contributed by atoms with Crippen molar-refractivity contribution in [1.82, 2.24) is 14.8 Å². The number of ether oxygens (including phenoxy) is 1. The molecule has 1 unspecified atom stereocenters. The van der Waals surface area contributed by atoms with Gasteiger partial charge in [0.05, 0.1) is 30.1 Å². The van der Waals surface area contributed by atoms with E-state index in [9.17, 15) is 0 Å². The molecule has 5 heteroatoms. The molecule has 0 fully saturated rings. The molecule has 0 amide bonds. The van der Waals surface area contributed by atoms with Gasteiger partial charge in [-0.3, -0.25) is 9.67 Å². The van der Waals surface area contributed by atoms with E-state index in [1.807, 2.05) is 56.8 Å². The third kappa shape index (κ3) is 7.41. The summed E-state index contributed by atoms with van der Waals surface area (Å²) in [7, 11) is 1.91. The summed E-state index contributed by atoms with van der Waals surface area (Å²) in [6, 6.07) is 22.8. The lowest BCUT2D eigenvalue weighted by Gasteiger charge is -2.19. The third-order valence-corrected chi connectivity index (χ3v) is 6.77. The summed E-state index contributed by atoms with van der Waals surface area (Å²) in [6.07, 6.45) is 10.5. The Morgan fingerprint density at radius 2 is 1.81 bits per heavy atom. The molecule has 0 saturated carbocycles. The summed E-state index contributed by atoms with van der Waals surface area (Å²) in [6.45, 7) is 6.95. The van der Waals surface area contributed by atoms with E-state index in [2.05, 4.69) is 59.1 Å². The van der Waals surface area contributed by atoms with Gasteiger partial charge in [-0.25, -0.2) is 0 Å². The highest BCUT2D eigenvalue weighted by molar-refractivity contribution is 5.62. The average Bonchev–Trinajstić information content (AvgIpc) is 3.37. The van der Waals surface area contributed by atoms with Crippen molar-refractivity contribution in [1.29, 1.82) is 5.26 Å². The van der Waals surface area contributed by atoms with E-state index in [1.54, 1.807) is 4.68 Å². The standard InChI is InChI=1S/C32H34N4O/c1-24(9-11-26-12-14-27(20-33)15-13-26)10-16-29(28-7-5-4-6-8-28)17-18-37-32-19-30(21-34-25(32)2)31-22-35-36(3)23-31/h4-8,12-15,19,21-23,29H,1,9-11,16-18H2,2-3H3. The highest BCUT2D eigenvalue weighted by Gasteiger charge is 2.14. The van der Waals surface area contributed by atoms with Crippen molar-refractivity contribution in [3.63, 3.8) is 0 Å². The van der Waals surface area contributed by atoms with Gasteiger partial charge in [-0.05, 0) is 74.3 Å². The highest BCUT2D eigenvalue weighted by Crippen LogP contribution is 2.29. The Balaban J connectivity index is 1.33. The second kappa shape index (κ2) is 12.7. The number of nitrogens with zero attached hydrogens (tertiary/aromatic N) is 4. The summed E-state index contributed by atoms with van der Waals surface area (Å²) in [5, 5.41) is 13.2. The maximum Gasteiger partial charge on any atom is 0.141 e. The fraction of sp³-hybridized carbons (Fsp3) is 0.281. The third-order valence-electron chi connectivity index (χ3n) is 6.77. The zero-order valence-corrected chi connectivity index (χ0v) is 21.7. The molecule has 0 radical (unpaired) electrons. The van der Waals surface area contributed by atoms with Gasteiger partial charge < -0.3 is 4.74 Å². The van der Waals surface area contributed by atoms with Crippen LogP contribution in [-0.2, 0) is 13.5 Å². The molecule has 0 aliphatic heterocycles. The number of aryl methyl sites for hydroxylation is 3. The molecule has 0 aliphatic rings. The first kappa shape index (κ1) is 25.9. The van der Waals surface area contributed by atoms with Crippen LogP contribution in [0, 0.1) is 18.3 Å². The van der Waals surface area contributed by atoms with Crippen molar-refractivity contribution in [2.45, 2.75) is 44.9 Å². The number of rotatable bonds is 12. The van der Waals surface area contributed by atoms with E-state index in [-0.39, 0.29) is 0 Å². The molecule has 0 N–H and O–H groups in total. The van der Waals surface area contributed by atoms with Gasteiger partial charge in [0.2, 0.25) is 0 Å². The maximum absolute atomic E-state index is 8.98. The van der Waals surface area contributed by atoms with Gasteiger partial charge in [0, 0.05) is 30.6 Å². The molecule has 2 aromatic heterocycles. The van der Waals surface area contributed by atoms with Gasteiger partial charge in [-0.2, -0.15) is 10.4 Å². The normalized spacial score (nSPS) is 11.6.